The minimum absolute atomic E-state index is 0.113. The van der Waals surface area contributed by atoms with Gasteiger partial charge >= 0.3 is 12.0 Å². The molecule has 2 bridgehead atoms. The summed E-state index contributed by atoms with van der Waals surface area (Å²) in [5.41, 5.74) is -0.684. The second-order valence-electron chi connectivity index (χ2n) is 6.59. The number of carbonyl (C=O) groups excluding carboxylic acids is 1. The summed E-state index contributed by atoms with van der Waals surface area (Å²) in [5, 5.41) is 15.3. The molecule has 5 nitrogen and oxygen atoms in total. The van der Waals surface area contributed by atoms with Crippen LogP contribution >= 0.6 is 0 Å². The van der Waals surface area contributed by atoms with Crippen LogP contribution in [0.25, 0.3) is 0 Å². The van der Waals surface area contributed by atoms with Crippen molar-refractivity contribution in [3.05, 3.63) is 0 Å². The van der Waals surface area contributed by atoms with Crippen molar-refractivity contribution in [3.63, 3.8) is 0 Å². The van der Waals surface area contributed by atoms with Gasteiger partial charge in [0.2, 0.25) is 0 Å². The number of aliphatic carboxylic acids is 1. The first kappa shape index (κ1) is 14.2. The van der Waals surface area contributed by atoms with Crippen molar-refractivity contribution < 1.29 is 14.7 Å². The highest BCUT2D eigenvalue weighted by molar-refractivity contribution is 5.77. The van der Waals surface area contributed by atoms with E-state index < -0.39 is 11.4 Å². The molecule has 5 heteroatoms. The molecule has 3 fully saturated rings. The summed E-state index contributed by atoms with van der Waals surface area (Å²) in [5.74, 6) is -0.231. The zero-order chi connectivity index (χ0) is 14.1. The molecule has 3 N–H and O–H groups in total. The number of rotatable bonds is 4. The molecule has 0 atom stereocenters. The van der Waals surface area contributed by atoms with Gasteiger partial charge in [-0.1, -0.05) is 13.8 Å². The monoisotopic (exact) mass is 268 g/mol. The van der Waals surface area contributed by atoms with E-state index in [0.717, 1.165) is 19.3 Å². The number of hydrogen-bond donors (Lipinski definition) is 3. The number of amides is 2. The molecule has 0 unspecified atom stereocenters. The highest BCUT2D eigenvalue weighted by Gasteiger charge is 2.53. The first-order valence-electron chi connectivity index (χ1n) is 7.17. The molecular weight excluding hydrogens is 244 g/mol. The first-order valence-corrected chi connectivity index (χ1v) is 7.17. The van der Waals surface area contributed by atoms with Gasteiger partial charge in [0.1, 0.15) is 0 Å². The summed E-state index contributed by atoms with van der Waals surface area (Å²) in [4.78, 5) is 23.2. The van der Waals surface area contributed by atoms with E-state index >= 15 is 0 Å². The highest BCUT2D eigenvalue weighted by Crippen LogP contribution is 2.52. The van der Waals surface area contributed by atoms with Crippen LogP contribution in [0, 0.1) is 11.3 Å². The van der Waals surface area contributed by atoms with E-state index in [1.54, 1.807) is 0 Å². The van der Waals surface area contributed by atoms with E-state index in [1.165, 1.54) is 0 Å². The number of nitrogens with one attached hydrogen (secondary N) is 2. The Bertz CT molecular complexity index is 354. The lowest BCUT2D eigenvalue weighted by atomic mass is 9.57. The predicted octanol–water partition coefficient (Wildman–Crippen LogP) is 2.12. The van der Waals surface area contributed by atoms with Gasteiger partial charge in [0.05, 0.1) is 5.41 Å². The summed E-state index contributed by atoms with van der Waals surface area (Å²) < 4.78 is 0. The minimum atomic E-state index is -0.662. The Labute approximate surface area is 114 Å². The van der Waals surface area contributed by atoms with E-state index in [4.69, 9.17) is 0 Å². The summed E-state index contributed by atoms with van der Waals surface area (Å²) in [6, 6.07) is -0.113. The van der Waals surface area contributed by atoms with E-state index in [9.17, 15) is 14.7 Å². The maximum absolute atomic E-state index is 11.9. The molecule has 0 saturated heterocycles. The molecule has 0 aliphatic heterocycles. The minimum Gasteiger partial charge on any atom is -0.481 e. The Morgan fingerprint density at radius 1 is 1.11 bits per heavy atom. The average Bonchev–Trinajstić information content (AvgIpc) is 2.38. The van der Waals surface area contributed by atoms with Crippen LogP contribution in [0.2, 0.25) is 0 Å². The molecule has 0 radical (unpaired) electrons. The topological polar surface area (TPSA) is 78.4 Å². The van der Waals surface area contributed by atoms with Crippen LogP contribution in [0.3, 0.4) is 0 Å². The zero-order valence-electron chi connectivity index (χ0n) is 11.8. The smallest absolute Gasteiger partial charge is 0.315 e. The van der Waals surface area contributed by atoms with Gasteiger partial charge in [-0.15, -0.1) is 0 Å². The van der Waals surface area contributed by atoms with Gasteiger partial charge < -0.3 is 15.7 Å². The second kappa shape index (κ2) is 5.02. The molecule has 3 saturated carbocycles. The van der Waals surface area contributed by atoms with Crippen LogP contribution in [0.15, 0.2) is 0 Å². The maximum Gasteiger partial charge on any atom is 0.315 e. The third kappa shape index (κ3) is 2.85. The maximum atomic E-state index is 11.9. The van der Waals surface area contributed by atoms with Crippen molar-refractivity contribution in [3.8, 4) is 0 Å². The predicted molar refractivity (Wildman–Crippen MR) is 71.9 cm³/mol. The first-order chi connectivity index (χ1) is 8.88. The molecule has 108 valence electrons. The fourth-order valence-electron chi connectivity index (χ4n) is 3.28. The second-order valence-corrected chi connectivity index (χ2v) is 6.59. The molecule has 3 rings (SSSR count). The van der Waals surface area contributed by atoms with Gasteiger partial charge in [-0.3, -0.25) is 4.79 Å². The Morgan fingerprint density at radius 3 is 2.05 bits per heavy atom. The molecule has 0 spiro atoms. The van der Waals surface area contributed by atoms with Crippen LogP contribution in [-0.2, 0) is 4.79 Å². The van der Waals surface area contributed by atoms with Gasteiger partial charge in [-0.05, 0) is 44.4 Å². The number of hydrogen-bond acceptors (Lipinski definition) is 2. The van der Waals surface area contributed by atoms with Gasteiger partial charge in [0.15, 0.2) is 0 Å². The Balaban J connectivity index is 1.90. The van der Waals surface area contributed by atoms with Crippen molar-refractivity contribution in [2.75, 3.05) is 6.54 Å². The van der Waals surface area contributed by atoms with Crippen LogP contribution < -0.4 is 10.6 Å². The van der Waals surface area contributed by atoms with E-state index in [1.807, 2.05) is 0 Å². The summed E-state index contributed by atoms with van der Waals surface area (Å²) in [6.07, 6.45) is 4.42. The van der Waals surface area contributed by atoms with Crippen LogP contribution in [-0.4, -0.2) is 29.2 Å². The number of fused-ring (bicyclic) bond motifs is 3. The van der Waals surface area contributed by atoms with E-state index in [-0.39, 0.29) is 11.6 Å². The molecule has 0 aromatic heterocycles. The molecule has 3 aliphatic rings. The van der Waals surface area contributed by atoms with Gasteiger partial charge in [0, 0.05) is 12.1 Å². The molecule has 0 aromatic carbocycles. The van der Waals surface area contributed by atoms with E-state index in [2.05, 4.69) is 24.5 Å². The summed E-state index contributed by atoms with van der Waals surface area (Å²) in [6.45, 7) is 4.78. The molecule has 3 aliphatic carbocycles. The van der Waals surface area contributed by atoms with Crippen molar-refractivity contribution in [2.45, 2.75) is 57.9 Å². The highest BCUT2D eigenvalue weighted by atomic mass is 16.4. The lowest BCUT2D eigenvalue weighted by Crippen LogP contribution is -2.60. The molecule has 19 heavy (non-hydrogen) atoms. The summed E-state index contributed by atoms with van der Waals surface area (Å²) in [7, 11) is 0. The summed E-state index contributed by atoms with van der Waals surface area (Å²) >= 11 is 0. The van der Waals surface area contributed by atoms with Crippen molar-refractivity contribution >= 4 is 12.0 Å². The SMILES string of the molecule is CC(C)CNC(=O)NC12CCC(C(=O)O)(CC1)CC2. The molecule has 0 heterocycles. The standard InChI is InChI=1S/C14H24N2O3/c1-10(2)9-15-12(19)16-14-6-3-13(4-7-14,5-8-14)11(17)18/h10H,3-9H2,1-2H3,(H,17,18)(H2,15,16,19). The zero-order valence-corrected chi connectivity index (χ0v) is 11.8. The fraction of sp³-hybridized carbons (Fsp3) is 0.857. The van der Waals surface area contributed by atoms with Crippen molar-refractivity contribution in [1.29, 1.82) is 0 Å². The van der Waals surface area contributed by atoms with Crippen molar-refractivity contribution in [2.24, 2.45) is 11.3 Å². The molecule has 2 amide bonds. The number of carboxylic acid groups (broad SMARTS) is 1. The normalized spacial score (nSPS) is 33.2. The Morgan fingerprint density at radius 2 is 1.63 bits per heavy atom. The lowest BCUT2D eigenvalue weighted by molar-refractivity contribution is -0.156. The largest absolute Gasteiger partial charge is 0.481 e. The average molecular weight is 268 g/mol. The molecule has 0 aromatic rings. The fourth-order valence-corrected chi connectivity index (χ4v) is 3.28. The van der Waals surface area contributed by atoms with Gasteiger partial charge in [0.25, 0.3) is 0 Å². The van der Waals surface area contributed by atoms with Crippen LogP contribution in [0.1, 0.15) is 52.4 Å². The lowest BCUT2D eigenvalue weighted by Gasteiger charge is -2.51. The van der Waals surface area contributed by atoms with Gasteiger partial charge in [-0.2, -0.15) is 0 Å². The van der Waals surface area contributed by atoms with E-state index in [0.29, 0.717) is 31.7 Å². The number of carboxylic acids is 1. The third-order valence-electron chi connectivity index (χ3n) is 4.75. The van der Waals surface area contributed by atoms with Gasteiger partial charge in [-0.25, -0.2) is 4.79 Å². The van der Waals surface area contributed by atoms with Crippen LogP contribution in [0.4, 0.5) is 4.79 Å². The molecular formula is C14H24N2O3. The third-order valence-corrected chi connectivity index (χ3v) is 4.75. The van der Waals surface area contributed by atoms with Crippen LogP contribution in [0.5, 0.6) is 0 Å². The number of urea groups is 1. The quantitative estimate of drug-likeness (QED) is 0.730. The Hall–Kier alpha value is -1.26. The Kier molecular flexibility index (Phi) is 3.74. The number of carbonyl (C=O) groups is 2. The van der Waals surface area contributed by atoms with Crippen molar-refractivity contribution in [1.82, 2.24) is 10.6 Å².